The maximum absolute atomic E-state index is 12.1. The van der Waals surface area contributed by atoms with Gasteiger partial charge in [0.2, 0.25) is 0 Å². The second-order valence-corrected chi connectivity index (χ2v) is 12.4. The summed E-state index contributed by atoms with van der Waals surface area (Å²) in [5, 5.41) is 12.1. The minimum absolute atomic E-state index is 0.00784. The van der Waals surface area contributed by atoms with Gasteiger partial charge in [0.25, 0.3) is 0 Å². The van der Waals surface area contributed by atoms with Crippen LogP contribution in [-0.4, -0.2) is 36.6 Å². The normalized spacial score (nSPS) is 43.8. The second kappa shape index (κ2) is 5.80. The van der Waals surface area contributed by atoms with Crippen molar-refractivity contribution in [2.75, 3.05) is 14.2 Å². The lowest BCUT2D eigenvalue weighted by Gasteiger charge is -2.74. The van der Waals surface area contributed by atoms with Crippen LogP contribution in [0.25, 0.3) is 0 Å². The Kier molecular flexibility index (Phi) is 3.81. The van der Waals surface area contributed by atoms with E-state index in [0.29, 0.717) is 5.92 Å². The lowest BCUT2D eigenvalue weighted by Crippen LogP contribution is -2.80. The zero-order chi connectivity index (χ0) is 22.0. The first-order valence-corrected chi connectivity index (χ1v) is 12.2. The Morgan fingerprint density at radius 3 is 2.55 bits per heavy atom. The molecule has 4 nitrogen and oxygen atoms in total. The van der Waals surface area contributed by atoms with Gasteiger partial charge in [-0.05, 0) is 73.8 Å². The first-order chi connectivity index (χ1) is 14.6. The monoisotopic (exact) mass is 426 g/mol. The summed E-state index contributed by atoms with van der Waals surface area (Å²) in [6.45, 7) is 8.55. The van der Waals surface area contributed by atoms with Crippen molar-refractivity contribution in [1.29, 1.82) is 0 Å². The van der Waals surface area contributed by atoms with Crippen LogP contribution >= 0.6 is 0 Å². The summed E-state index contributed by atoms with van der Waals surface area (Å²) in [7, 11) is 3.60. The quantitative estimate of drug-likeness (QED) is 0.736. The van der Waals surface area contributed by atoms with E-state index in [2.05, 4.69) is 39.8 Å². The minimum Gasteiger partial charge on any atom is -0.493 e. The third-order valence-corrected chi connectivity index (χ3v) is 11.0. The van der Waals surface area contributed by atoms with E-state index < -0.39 is 11.2 Å². The molecule has 0 amide bonds. The number of ether oxygens (including phenoxy) is 3. The zero-order valence-corrected chi connectivity index (χ0v) is 20.0. The molecule has 4 heteroatoms. The predicted molar refractivity (Wildman–Crippen MR) is 120 cm³/mol. The van der Waals surface area contributed by atoms with Gasteiger partial charge in [0.05, 0.1) is 12.7 Å². The summed E-state index contributed by atoms with van der Waals surface area (Å²) in [4.78, 5) is 0. The van der Waals surface area contributed by atoms with Crippen LogP contribution in [0.2, 0.25) is 0 Å². The Balaban J connectivity index is 1.64. The SMILES string of the molecule is COc1ccc2c3c1O[C@H]1[C@@]4(OC)CC[C@@]5(C[C@@H]4[C@](C)(O)C(C)(C)C)[C@H](CCC[C@]315)C2. The molecule has 4 fully saturated rings. The molecule has 7 rings (SSSR count). The van der Waals surface area contributed by atoms with Gasteiger partial charge in [-0.15, -0.1) is 0 Å². The number of methoxy groups -OCH3 is 2. The van der Waals surface area contributed by atoms with Crippen LogP contribution in [-0.2, 0) is 16.6 Å². The Morgan fingerprint density at radius 2 is 1.87 bits per heavy atom. The standard InChI is InChI=1S/C27H38O4/c1-23(2,3)24(4,28)19-15-25-12-13-27(19,30-6)22-26(25)11-7-8-17(25)14-16-9-10-18(29-5)21(31-22)20(16)26/h9-10,17,19,22,28H,7-8,11-15H2,1-6H3/t17-,19-,22-,24+,25-,26+,27-/m1/s1. The molecule has 1 heterocycles. The maximum Gasteiger partial charge on any atom is 0.165 e. The molecule has 5 aliphatic carbocycles. The molecular weight excluding hydrogens is 388 g/mol. The van der Waals surface area contributed by atoms with Gasteiger partial charge in [-0.25, -0.2) is 0 Å². The molecular formula is C27H38O4. The molecule has 7 atom stereocenters. The predicted octanol–water partition coefficient (Wildman–Crippen LogP) is 5.03. The molecule has 0 aromatic heterocycles. The van der Waals surface area contributed by atoms with Crippen molar-refractivity contribution in [3.05, 3.63) is 23.3 Å². The molecule has 1 aliphatic heterocycles. The summed E-state index contributed by atoms with van der Waals surface area (Å²) < 4.78 is 19.3. The molecule has 6 aliphatic rings. The second-order valence-electron chi connectivity index (χ2n) is 12.4. The average Bonchev–Trinajstić information content (AvgIpc) is 3.09. The van der Waals surface area contributed by atoms with E-state index >= 15 is 0 Å². The highest BCUT2D eigenvalue weighted by Gasteiger charge is 2.81. The molecule has 31 heavy (non-hydrogen) atoms. The fraction of sp³-hybridized carbons (Fsp3) is 0.778. The molecule has 0 unspecified atom stereocenters. The van der Waals surface area contributed by atoms with Crippen molar-refractivity contribution in [2.24, 2.45) is 22.7 Å². The molecule has 1 aromatic rings. The summed E-state index contributed by atoms with van der Waals surface area (Å²) in [6.07, 6.45) is 7.96. The molecule has 0 radical (unpaired) electrons. The van der Waals surface area contributed by atoms with Gasteiger partial charge in [0.15, 0.2) is 11.5 Å². The fourth-order valence-corrected chi connectivity index (χ4v) is 9.12. The van der Waals surface area contributed by atoms with E-state index in [9.17, 15) is 5.11 Å². The van der Waals surface area contributed by atoms with Gasteiger partial charge in [-0.1, -0.05) is 33.3 Å². The molecule has 4 bridgehead atoms. The Hall–Kier alpha value is -1.26. The van der Waals surface area contributed by atoms with Gasteiger partial charge < -0.3 is 19.3 Å². The van der Waals surface area contributed by atoms with Gasteiger partial charge in [0.1, 0.15) is 11.7 Å². The third kappa shape index (κ3) is 1.99. The molecule has 4 saturated carbocycles. The number of rotatable bonds is 3. The highest BCUT2D eigenvalue weighted by atomic mass is 16.6. The Morgan fingerprint density at radius 1 is 1.10 bits per heavy atom. The fourth-order valence-electron chi connectivity index (χ4n) is 9.12. The number of hydrogen-bond acceptors (Lipinski definition) is 4. The van der Waals surface area contributed by atoms with Crippen molar-refractivity contribution in [1.82, 2.24) is 0 Å². The summed E-state index contributed by atoms with van der Waals surface area (Å²) >= 11 is 0. The van der Waals surface area contributed by atoms with Gasteiger partial charge >= 0.3 is 0 Å². The van der Waals surface area contributed by atoms with Crippen LogP contribution in [0.5, 0.6) is 11.5 Å². The van der Waals surface area contributed by atoms with Gasteiger partial charge in [0, 0.05) is 24.0 Å². The third-order valence-electron chi connectivity index (χ3n) is 11.0. The van der Waals surface area contributed by atoms with Crippen LogP contribution in [0.15, 0.2) is 12.1 Å². The van der Waals surface area contributed by atoms with E-state index in [1.165, 1.54) is 30.4 Å². The Bertz CT molecular complexity index is 945. The zero-order valence-electron chi connectivity index (χ0n) is 20.0. The van der Waals surface area contributed by atoms with E-state index in [-0.39, 0.29) is 28.3 Å². The number of hydrogen-bond donors (Lipinski definition) is 1. The van der Waals surface area contributed by atoms with Crippen LogP contribution in [0.4, 0.5) is 0 Å². The maximum atomic E-state index is 12.1. The van der Waals surface area contributed by atoms with E-state index in [1.807, 2.05) is 7.11 Å². The van der Waals surface area contributed by atoms with E-state index in [1.54, 1.807) is 7.11 Å². The molecule has 1 aromatic carbocycles. The smallest absolute Gasteiger partial charge is 0.165 e. The molecule has 2 spiro atoms. The van der Waals surface area contributed by atoms with Crippen LogP contribution in [0, 0.1) is 22.7 Å². The van der Waals surface area contributed by atoms with Crippen molar-refractivity contribution >= 4 is 0 Å². The highest BCUT2D eigenvalue weighted by molar-refractivity contribution is 5.63. The number of benzene rings is 1. The van der Waals surface area contributed by atoms with Gasteiger partial charge in [-0.2, -0.15) is 0 Å². The molecule has 0 saturated heterocycles. The number of fused-ring (bicyclic) bond motifs is 2. The van der Waals surface area contributed by atoms with Gasteiger partial charge in [-0.3, -0.25) is 0 Å². The lowest BCUT2D eigenvalue weighted by atomic mass is 9.31. The Labute approximate surface area is 186 Å². The lowest BCUT2D eigenvalue weighted by molar-refractivity contribution is -0.309. The number of aliphatic hydroxyl groups is 1. The van der Waals surface area contributed by atoms with E-state index in [4.69, 9.17) is 14.2 Å². The summed E-state index contributed by atoms with van der Waals surface area (Å²) in [6, 6.07) is 4.39. The first-order valence-electron chi connectivity index (χ1n) is 12.2. The van der Waals surface area contributed by atoms with E-state index in [0.717, 1.165) is 37.2 Å². The molecule has 170 valence electrons. The van der Waals surface area contributed by atoms with Crippen molar-refractivity contribution in [3.63, 3.8) is 0 Å². The highest BCUT2D eigenvalue weighted by Crippen LogP contribution is 2.79. The van der Waals surface area contributed by atoms with Crippen LogP contribution < -0.4 is 9.47 Å². The summed E-state index contributed by atoms with van der Waals surface area (Å²) in [5.74, 6) is 2.52. The topological polar surface area (TPSA) is 47.9 Å². The largest absolute Gasteiger partial charge is 0.493 e. The van der Waals surface area contributed by atoms with Crippen LogP contribution in [0.1, 0.15) is 77.3 Å². The van der Waals surface area contributed by atoms with Crippen molar-refractivity contribution < 1.29 is 19.3 Å². The van der Waals surface area contributed by atoms with Crippen molar-refractivity contribution in [2.45, 2.75) is 95.4 Å². The summed E-state index contributed by atoms with van der Waals surface area (Å²) in [5.41, 5.74) is 1.48. The molecule has 1 N–H and O–H groups in total. The van der Waals surface area contributed by atoms with Crippen molar-refractivity contribution in [3.8, 4) is 11.5 Å². The average molecular weight is 427 g/mol. The minimum atomic E-state index is -0.852. The first kappa shape index (κ1) is 20.4. The van der Waals surface area contributed by atoms with Crippen LogP contribution in [0.3, 0.4) is 0 Å².